The largest absolute Gasteiger partial charge is 0.479 e. The first-order valence-corrected chi connectivity index (χ1v) is 12.1. The van der Waals surface area contributed by atoms with Crippen LogP contribution in [-0.4, -0.2) is 29.7 Å². The molecule has 1 heterocycles. The monoisotopic (exact) mass is 537 g/mol. The summed E-state index contributed by atoms with van der Waals surface area (Å²) in [5.41, 5.74) is 6.36. The number of thiocarbonyl (C=S) groups is 1. The first kappa shape index (κ1) is 25.8. The molecule has 3 rings (SSSR count). The second kappa shape index (κ2) is 12.0. The van der Waals surface area contributed by atoms with Crippen molar-refractivity contribution in [2.24, 2.45) is 0 Å². The van der Waals surface area contributed by atoms with Gasteiger partial charge in [0.1, 0.15) is 10.8 Å². The molecule has 0 saturated carbocycles. The van der Waals surface area contributed by atoms with Gasteiger partial charge in [-0.3, -0.25) is 15.6 Å². The van der Waals surface area contributed by atoms with Crippen LogP contribution in [0.4, 0.5) is 5.00 Å². The second-order valence-electron chi connectivity index (χ2n) is 6.84. The van der Waals surface area contributed by atoms with Crippen molar-refractivity contribution in [2.45, 2.75) is 20.0 Å². The third-order valence-corrected chi connectivity index (χ3v) is 6.23. The zero-order chi connectivity index (χ0) is 24.7. The molecule has 0 bridgehead atoms. The van der Waals surface area contributed by atoms with Gasteiger partial charge in [0.05, 0.1) is 17.2 Å². The number of hydrogen-bond donors (Lipinski definition) is 3. The molecule has 0 unspecified atom stereocenters. The summed E-state index contributed by atoms with van der Waals surface area (Å²) in [6, 6.07) is 16.1. The summed E-state index contributed by atoms with van der Waals surface area (Å²) in [4.78, 5) is 25.7. The van der Waals surface area contributed by atoms with Crippen LogP contribution in [0.3, 0.4) is 0 Å². The Morgan fingerprint density at radius 2 is 1.82 bits per heavy atom. The van der Waals surface area contributed by atoms with E-state index < -0.39 is 18.0 Å². The zero-order valence-electron chi connectivity index (χ0n) is 18.2. The van der Waals surface area contributed by atoms with E-state index in [1.165, 1.54) is 17.4 Å². The van der Waals surface area contributed by atoms with Crippen molar-refractivity contribution in [3.63, 3.8) is 0 Å². The third kappa shape index (κ3) is 6.83. The van der Waals surface area contributed by atoms with Gasteiger partial charge < -0.3 is 14.8 Å². The van der Waals surface area contributed by atoms with E-state index >= 15 is 0 Å². The Bertz CT molecular complexity index is 1190. The highest BCUT2D eigenvalue weighted by Crippen LogP contribution is 2.36. The van der Waals surface area contributed by atoms with E-state index in [2.05, 4.69) is 16.2 Å². The highest BCUT2D eigenvalue weighted by atomic mass is 35.5. The SMILES string of the molecule is CCOC(=O)c1cc(-c2ccccc2)sc1NC(=S)NNC(=O)[C@@H](C)Oc1cc(Cl)ccc1Cl. The lowest BCUT2D eigenvalue weighted by Crippen LogP contribution is -2.48. The molecule has 0 aliphatic carbocycles. The van der Waals surface area contributed by atoms with Crippen molar-refractivity contribution in [3.05, 3.63) is 70.2 Å². The molecular formula is C23H21Cl2N3O4S2. The van der Waals surface area contributed by atoms with E-state index in [9.17, 15) is 9.59 Å². The van der Waals surface area contributed by atoms with E-state index in [1.807, 2.05) is 30.3 Å². The summed E-state index contributed by atoms with van der Waals surface area (Å²) in [5, 5.41) is 4.26. The average Bonchev–Trinajstić information content (AvgIpc) is 3.24. The molecule has 2 aromatic carbocycles. The number of carbonyl (C=O) groups excluding carboxylic acids is 2. The minimum absolute atomic E-state index is 0.0772. The fraction of sp³-hybridized carbons (Fsp3) is 0.174. The number of nitrogens with one attached hydrogen (secondary N) is 3. The van der Waals surface area contributed by atoms with Crippen LogP contribution in [0.25, 0.3) is 10.4 Å². The van der Waals surface area contributed by atoms with Crippen LogP contribution >= 0.6 is 46.8 Å². The number of amides is 1. The summed E-state index contributed by atoms with van der Waals surface area (Å²) in [7, 11) is 0. The maximum absolute atomic E-state index is 12.4. The van der Waals surface area contributed by atoms with Crippen LogP contribution in [0, 0.1) is 0 Å². The number of benzene rings is 2. The minimum Gasteiger partial charge on any atom is -0.479 e. The van der Waals surface area contributed by atoms with Crippen molar-refractivity contribution in [1.29, 1.82) is 0 Å². The molecule has 0 saturated heterocycles. The molecule has 34 heavy (non-hydrogen) atoms. The topological polar surface area (TPSA) is 88.7 Å². The van der Waals surface area contributed by atoms with Crippen LogP contribution in [0.2, 0.25) is 10.0 Å². The Labute approximate surface area is 216 Å². The van der Waals surface area contributed by atoms with Gasteiger partial charge in [0.25, 0.3) is 5.91 Å². The van der Waals surface area contributed by atoms with Gasteiger partial charge in [-0.15, -0.1) is 11.3 Å². The number of carbonyl (C=O) groups is 2. The van der Waals surface area contributed by atoms with E-state index in [4.69, 9.17) is 44.9 Å². The summed E-state index contributed by atoms with van der Waals surface area (Å²) < 4.78 is 10.7. The van der Waals surface area contributed by atoms with Crippen LogP contribution < -0.4 is 20.9 Å². The van der Waals surface area contributed by atoms with E-state index in [-0.39, 0.29) is 17.5 Å². The van der Waals surface area contributed by atoms with Crippen molar-refractivity contribution in [2.75, 3.05) is 11.9 Å². The van der Waals surface area contributed by atoms with Gasteiger partial charge >= 0.3 is 5.97 Å². The fourth-order valence-electron chi connectivity index (χ4n) is 2.75. The number of hydrazine groups is 1. The van der Waals surface area contributed by atoms with Gasteiger partial charge in [-0.1, -0.05) is 53.5 Å². The molecule has 0 fully saturated rings. The molecule has 1 amide bonds. The summed E-state index contributed by atoms with van der Waals surface area (Å²) in [6.45, 7) is 3.52. The predicted octanol–water partition coefficient (Wildman–Crippen LogP) is 5.68. The maximum atomic E-state index is 12.4. The number of rotatable bonds is 7. The number of thiophene rings is 1. The number of halogens is 2. The second-order valence-corrected chi connectivity index (χ2v) is 9.15. The van der Waals surface area contributed by atoms with Gasteiger partial charge in [0.15, 0.2) is 11.2 Å². The lowest BCUT2D eigenvalue weighted by atomic mass is 10.1. The fourth-order valence-corrected chi connectivity index (χ4v) is 4.35. The van der Waals surface area contributed by atoms with Crippen LogP contribution in [0.5, 0.6) is 5.75 Å². The number of esters is 1. The Morgan fingerprint density at radius 3 is 2.53 bits per heavy atom. The molecule has 3 N–H and O–H groups in total. The molecule has 11 heteroatoms. The lowest BCUT2D eigenvalue weighted by molar-refractivity contribution is -0.127. The summed E-state index contributed by atoms with van der Waals surface area (Å²) in [5.74, 6) is -0.693. The Balaban J connectivity index is 1.64. The lowest BCUT2D eigenvalue weighted by Gasteiger charge is -2.17. The molecule has 1 atom stereocenters. The highest BCUT2D eigenvalue weighted by molar-refractivity contribution is 7.80. The third-order valence-electron chi connectivity index (χ3n) is 4.38. The van der Waals surface area contributed by atoms with E-state index in [0.29, 0.717) is 20.6 Å². The maximum Gasteiger partial charge on any atom is 0.341 e. The summed E-state index contributed by atoms with van der Waals surface area (Å²) >= 11 is 18.6. The molecule has 7 nitrogen and oxygen atoms in total. The molecule has 178 valence electrons. The standard InChI is InChI=1S/C23H21Cl2N3O4S2/c1-3-31-22(30)16-12-19(14-7-5-4-6-8-14)34-21(16)26-23(33)28-27-20(29)13(2)32-18-11-15(24)9-10-17(18)25/h4-13H,3H2,1-2H3,(H,27,29)(H2,26,28,33)/t13-/m1/s1. The van der Waals surface area contributed by atoms with Crippen molar-refractivity contribution < 1.29 is 19.1 Å². The number of hydrogen-bond acceptors (Lipinski definition) is 6. The smallest absolute Gasteiger partial charge is 0.341 e. The molecule has 3 aromatic rings. The van der Waals surface area contributed by atoms with Gasteiger partial charge in [0, 0.05) is 16.0 Å². The first-order chi connectivity index (χ1) is 16.3. The molecule has 0 aliphatic heterocycles. The quantitative estimate of drug-likeness (QED) is 0.203. The van der Waals surface area contributed by atoms with Crippen molar-refractivity contribution in [1.82, 2.24) is 10.9 Å². The molecule has 1 aromatic heterocycles. The number of anilines is 1. The Hall–Kier alpha value is -2.85. The van der Waals surface area contributed by atoms with Gasteiger partial charge in [-0.05, 0) is 49.8 Å². The molecule has 0 aliphatic rings. The number of ether oxygens (including phenoxy) is 2. The highest BCUT2D eigenvalue weighted by Gasteiger charge is 2.20. The molecule has 0 spiro atoms. The molecule has 0 radical (unpaired) electrons. The predicted molar refractivity (Wildman–Crippen MR) is 140 cm³/mol. The first-order valence-electron chi connectivity index (χ1n) is 10.1. The van der Waals surface area contributed by atoms with Crippen molar-refractivity contribution in [3.8, 4) is 16.2 Å². The average molecular weight is 538 g/mol. The van der Waals surface area contributed by atoms with Crippen LogP contribution in [0.15, 0.2) is 54.6 Å². The normalized spacial score (nSPS) is 11.3. The summed E-state index contributed by atoms with van der Waals surface area (Å²) in [6.07, 6.45) is -0.896. The zero-order valence-corrected chi connectivity index (χ0v) is 21.3. The Kier molecular flexibility index (Phi) is 9.12. The van der Waals surface area contributed by atoms with Crippen molar-refractivity contribution >= 4 is 68.7 Å². The van der Waals surface area contributed by atoms with Gasteiger partial charge in [-0.25, -0.2) is 4.79 Å². The van der Waals surface area contributed by atoms with E-state index in [0.717, 1.165) is 10.4 Å². The molecular weight excluding hydrogens is 517 g/mol. The van der Waals surface area contributed by atoms with Gasteiger partial charge in [-0.2, -0.15) is 0 Å². The Morgan fingerprint density at radius 1 is 1.09 bits per heavy atom. The van der Waals surface area contributed by atoms with Crippen LogP contribution in [0.1, 0.15) is 24.2 Å². The van der Waals surface area contributed by atoms with Gasteiger partial charge in [0.2, 0.25) is 0 Å². The van der Waals surface area contributed by atoms with E-state index in [1.54, 1.807) is 32.0 Å². The minimum atomic E-state index is -0.896. The van der Waals surface area contributed by atoms with Crippen LogP contribution in [-0.2, 0) is 9.53 Å².